The van der Waals surface area contributed by atoms with Gasteiger partial charge in [-0.25, -0.2) is 9.18 Å². The van der Waals surface area contributed by atoms with Gasteiger partial charge in [-0.15, -0.1) is 5.06 Å². The lowest BCUT2D eigenvalue weighted by Gasteiger charge is -2.21. The summed E-state index contributed by atoms with van der Waals surface area (Å²) in [5.41, 5.74) is 1.90. The maximum Gasteiger partial charge on any atom is 0.357 e. The number of nitrogens with zero attached hydrogens (tertiary/aromatic N) is 1. The second kappa shape index (κ2) is 8.22. The molecule has 0 amide bonds. The van der Waals surface area contributed by atoms with Crippen molar-refractivity contribution in [1.29, 1.82) is 0 Å². The smallest absolute Gasteiger partial charge is 0.357 e. The van der Waals surface area contributed by atoms with E-state index in [1.165, 1.54) is 11.1 Å². The highest BCUT2D eigenvalue weighted by Gasteiger charge is 2.16. The summed E-state index contributed by atoms with van der Waals surface area (Å²) in [6, 6.07) is 24.8. The quantitative estimate of drug-likeness (QED) is 0.617. The van der Waals surface area contributed by atoms with Crippen LogP contribution < -0.4 is 0 Å². The van der Waals surface area contributed by atoms with Crippen LogP contribution in [0, 0.1) is 5.82 Å². The fourth-order valence-corrected chi connectivity index (χ4v) is 2.47. The largest absolute Gasteiger partial charge is 0.363 e. The summed E-state index contributed by atoms with van der Waals surface area (Å²) in [6.07, 6.45) is 0. The van der Waals surface area contributed by atoms with Crippen LogP contribution in [0.4, 0.5) is 4.39 Å². The zero-order valence-corrected chi connectivity index (χ0v) is 13.6. The summed E-state index contributed by atoms with van der Waals surface area (Å²) in [5, 5.41) is 1.48. The molecule has 0 N–H and O–H groups in total. The van der Waals surface area contributed by atoms with E-state index in [1.54, 1.807) is 42.5 Å². The summed E-state index contributed by atoms with van der Waals surface area (Å²) in [4.78, 5) is 17.9. The molecule has 0 spiro atoms. The van der Waals surface area contributed by atoms with Crippen molar-refractivity contribution >= 4 is 5.97 Å². The van der Waals surface area contributed by atoms with Gasteiger partial charge in [-0.05, 0) is 23.8 Å². The minimum absolute atomic E-state index is 0.167. The fourth-order valence-electron chi connectivity index (χ4n) is 2.47. The van der Waals surface area contributed by atoms with E-state index in [2.05, 4.69) is 0 Å². The monoisotopic (exact) mass is 335 g/mol. The standard InChI is InChI=1S/C21H18FNO2/c22-20-14-8-7-13-19(20)16-23(15-17-9-3-1-4-10-17)25-21(24)18-11-5-2-6-12-18/h1-14H,15-16H2. The van der Waals surface area contributed by atoms with Crippen molar-refractivity contribution in [2.24, 2.45) is 0 Å². The molecule has 0 radical (unpaired) electrons. The van der Waals surface area contributed by atoms with Crippen LogP contribution in [0.1, 0.15) is 21.5 Å². The highest BCUT2D eigenvalue weighted by atomic mass is 19.1. The summed E-state index contributed by atoms with van der Waals surface area (Å²) in [7, 11) is 0. The van der Waals surface area contributed by atoms with Crippen molar-refractivity contribution in [3.05, 3.63) is 107 Å². The minimum atomic E-state index is -0.465. The lowest BCUT2D eigenvalue weighted by Crippen LogP contribution is -2.27. The average molecular weight is 335 g/mol. The molecule has 0 atom stereocenters. The molecule has 0 aliphatic carbocycles. The van der Waals surface area contributed by atoms with Crippen molar-refractivity contribution in [3.8, 4) is 0 Å². The number of hydrogen-bond acceptors (Lipinski definition) is 3. The van der Waals surface area contributed by atoms with Gasteiger partial charge >= 0.3 is 5.97 Å². The zero-order valence-electron chi connectivity index (χ0n) is 13.6. The van der Waals surface area contributed by atoms with E-state index in [-0.39, 0.29) is 12.4 Å². The van der Waals surface area contributed by atoms with E-state index in [9.17, 15) is 9.18 Å². The molecular formula is C21H18FNO2. The summed E-state index contributed by atoms with van der Waals surface area (Å²) in [6.45, 7) is 0.536. The highest BCUT2D eigenvalue weighted by molar-refractivity contribution is 5.89. The molecule has 0 saturated carbocycles. The molecule has 0 aliphatic rings. The molecule has 3 aromatic rings. The third-order valence-corrected chi connectivity index (χ3v) is 3.73. The summed E-state index contributed by atoms with van der Waals surface area (Å²) < 4.78 is 14.0. The van der Waals surface area contributed by atoms with E-state index in [1.807, 2.05) is 36.4 Å². The van der Waals surface area contributed by atoms with Crippen LogP contribution in [-0.4, -0.2) is 11.0 Å². The van der Waals surface area contributed by atoms with Gasteiger partial charge in [0.25, 0.3) is 0 Å². The third kappa shape index (κ3) is 4.75. The zero-order chi connectivity index (χ0) is 17.5. The maximum atomic E-state index is 14.0. The Morgan fingerprint density at radius 2 is 1.40 bits per heavy atom. The first-order chi connectivity index (χ1) is 12.2. The molecule has 0 aliphatic heterocycles. The van der Waals surface area contributed by atoms with Crippen LogP contribution in [0.3, 0.4) is 0 Å². The van der Waals surface area contributed by atoms with Crippen LogP contribution in [0.25, 0.3) is 0 Å². The van der Waals surface area contributed by atoms with Gasteiger partial charge in [-0.1, -0.05) is 66.7 Å². The van der Waals surface area contributed by atoms with Crippen LogP contribution >= 0.6 is 0 Å². The Morgan fingerprint density at radius 3 is 2.08 bits per heavy atom. The molecule has 0 heterocycles. The predicted octanol–water partition coefficient (Wildman–Crippen LogP) is 4.60. The number of carbonyl (C=O) groups is 1. The van der Waals surface area contributed by atoms with E-state index in [0.717, 1.165) is 5.56 Å². The molecule has 3 rings (SSSR count). The Hall–Kier alpha value is -2.98. The van der Waals surface area contributed by atoms with E-state index < -0.39 is 5.97 Å². The Kier molecular flexibility index (Phi) is 5.54. The predicted molar refractivity (Wildman–Crippen MR) is 93.9 cm³/mol. The number of benzene rings is 3. The number of hydroxylamine groups is 2. The first-order valence-electron chi connectivity index (χ1n) is 8.02. The van der Waals surface area contributed by atoms with Crippen molar-refractivity contribution in [3.63, 3.8) is 0 Å². The van der Waals surface area contributed by atoms with E-state index in [0.29, 0.717) is 17.7 Å². The Balaban J connectivity index is 1.78. The van der Waals surface area contributed by atoms with Crippen molar-refractivity contribution < 1.29 is 14.0 Å². The van der Waals surface area contributed by atoms with Gasteiger partial charge in [0.05, 0.1) is 18.7 Å². The molecule has 4 heteroatoms. The van der Waals surface area contributed by atoms with Crippen molar-refractivity contribution in [2.45, 2.75) is 13.1 Å². The first kappa shape index (κ1) is 16.9. The minimum Gasteiger partial charge on any atom is -0.363 e. The second-order valence-electron chi connectivity index (χ2n) is 5.62. The Bertz CT molecular complexity index is 822. The molecule has 0 saturated heterocycles. The van der Waals surface area contributed by atoms with Crippen LogP contribution in [-0.2, 0) is 17.9 Å². The molecular weight excluding hydrogens is 317 g/mol. The molecule has 3 nitrogen and oxygen atoms in total. The lowest BCUT2D eigenvalue weighted by molar-refractivity contribution is -0.124. The fraction of sp³-hybridized carbons (Fsp3) is 0.0952. The van der Waals surface area contributed by atoms with E-state index in [4.69, 9.17) is 4.84 Å². The molecule has 0 bridgehead atoms. The second-order valence-corrected chi connectivity index (χ2v) is 5.62. The van der Waals surface area contributed by atoms with Crippen LogP contribution in [0.5, 0.6) is 0 Å². The van der Waals surface area contributed by atoms with Crippen molar-refractivity contribution in [1.82, 2.24) is 5.06 Å². The number of halogens is 1. The summed E-state index contributed by atoms with van der Waals surface area (Å²) in [5.74, 6) is -0.788. The SMILES string of the molecule is O=C(ON(Cc1ccccc1)Cc1ccccc1F)c1ccccc1. The van der Waals surface area contributed by atoms with E-state index >= 15 is 0 Å². The lowest BCUT2D eigenvalue weighted by atomic mass is 10.2. The number of rotatable bonds is 6. The normalized spacial score (nSPS) is 10.6. The molecule has 0 aromatic heterocycles. The summed E-state index contributed by atoms with van der Waals surface area (Å²) >= 11 is 0. The van der Waals surface area contributed by atoms with Gasteiger partial charge in [0.1, 0.15) is 5.82 Å². The average Bonchev–Trinajstić information content (AvgIpc) is 2.65. The first-order valence-corrected chi connectivity index (χ1v) is 8.02. The van der Waals surface area contributed by atoms with Gasteiger partial charge in [0, 0.05) is 5.56 Å². The van der Waals surface area contributed by atoms with Crippen molar-refractivity contribution in [2.75, 3.05) is 0 Å². The van der Waals surface area contributed by atoms with Gasteiger partial charge in [-0.3, -0.25) is 0 Å². The molecule has 0 unspecified atom stereocenters. The Morgan fingerprint density at radius 1 is 0.800 bits per heavy atom. The van der Waals surface area contributed by atoms with Gasteiger partial charge in [0.15, 0.2) is 0 Å². The molecule has 126 valence electrons. The van der Waals surface area contributed by atoms with Crippen LogP contribution in [0.2, 0.25) is 0 Å². The topological polar surface area (TPSA) is 29.5 Å². The molecule has 25 heavy (non-hydrogen) atoms. The Labute approximate surface area is 146 Å². The molecule has 0 fully saturated rings. The van der Waals surface area contributed by atoms with Gasteiger partial charge < -0.3 is 4.84 Å². The highest BCUT2D eigenvalue weighted by Crippen LogP contribution is 2.15. The molecule has 3 aromatic carbocycles. The maximum absolute atomic E-state index is 14.0. The third-order valence-electron chi connectivity index (χ3n) is 3.73. The van der Waals surface area contributed by atoms with Crippen LogP contribution in [0.15, 0.2) is 84.9 Å². The van der Waals surface area contributed by atoms with Gasteiger partial charge in [-0.2, -0.15) is 0 Å². The van der Waals surface area contributed by atoms with Gasteiger partial charge in [0.2, 0.25) is 0 Å². The number of carbonyl (C=O) groups excluding carboxylic acids is 1. The number of hydrogen-bond donors (Lipinski definition) is 0.